The molecule has 1 aliphatic heterocycles. The van der Waals surface area contributed by atoms with Crippen LogP contribution in [-0.4, -0.2) is 57.3 Å². The lowest BCUT2D eigenvalue weighted by Crippen LogP contribution is -2.33. The van der Waals surface area contributed by atoms with Gasteiger partial charge in [-0.05, 0) is 55.4 Å². The van der Waals surface area contributed by atoms with Crippen LogP contribution in [-0.2, 0) is 24.4 Å². The zero-order valence-electron chi connectivity index (χ0n) is 23.9. The number of aryl methyl sites for hydroxylation is 1. The molecular weight excluding hydrogens is 568 g/mol. The number of piperidine rings is 1. The van der Waals surface area contributed by atoms with E-state index in [1.807, 2.05) is 17.5 Å². The van der Waals surface area contributed by atoms with Crippen LogP contribution >= 0.6 is 11.5 Å². The maximum absolute atomic E-state index is 12.5. The molecule has 0 radical (unpaired) electrons. The van der Waals surface area contributed by atoms with E-state index in [0.717, 1.165) is 58.8 Å². The molecule has 14 heteroatoms. The Balaban J connectivity index is 1.11. The van der Waals surface area contributed by atoms with Gasteiger partial charge in [-0.3, -0.25) is 28.9 Å². The molecule has 2 N–H and O–H groups in total. The number of nitro groups is 1. The van der Waals surface area contributed by atoms with Crippen LogP contribution in [0.25, 0.3) is 16.9 Å². The normalized spacial score (nSPS) is 15.5. The molecule has 1 fully saturated rings. The Morgan fingerprint density at radius 1 is 1.21 bits per heavy atom. The summed E-state index contributed by atoms with van der Waals surface area (Å²) in [6, 6.07) is 8.17. The monoisotopic (exact) mass is 600 g/mol. The maximum Gasteiger partial charge on any atom is 0.269 e. The Morgan fingerprint density at radius 3 is 2.84 bits per heavy atom. The van der Waals surface area contributed by atoms with Gasteiger partial charge in [-0.15, -0.1) is 0 Å². The topological polar surface area (TPSA) is 148 Å². The van der Waals surface area contributed by atoms with Crippen LogP contribution in [0, 0.1) is 23.0 Å². The number of hydrogen-bond acceptors (Lipinski definition) is 10. The summed E-state index contributed by atoms with van der Waals surface area (Å²) in [6.45, 7) is 7.61. The van der Waals surface area contributed by atoms with Gasteiger partial charge in [0.05, 0.1) is 34.4 Å². The summed E-state index contributed by atoms with van der Waals surface area (Å²) in [5, 5.41) is 22.4. The number of aromatic nitrogens is 6. The van der Waals surface area contributed by atoms with Crippen molar-refractivity contribution in [2.24, 2.45) is 5.92 Å². The van der Waals surface area contributed by atoms with E-state index in [-0.39, 0.29) is 24.7 Å². The number of amides is 1. The van der Waals surface area contributed by atoms with Crippen molar-refractivity contribution in [2.45, 2.75) is 46.3 Å². The second-order valence-corrected chi connectivity index (χ2v) is 11.8. The van der Waals surface area contributed by atoms with Crippen molar-refractivity contribution >= 4 is 39.6 Å². The van der Waals surface area contributed by atoms with Gasteiger partial charge in [-0.25, -0.2) is 9.97 Å². The summed E-state index contributed by atoms with van der Waals surface area (Å²) in [7, 11) is 0. The van der Waals surface area contributed by atoms with E-state index in [9.17, 15) is 14.9 Å². The minimum atomic E-state index is -0.454. The highest BCUT2D eigenvalue weighted by Gasteiger charge is 2.19. The first-order chi connectivity index (χ1) is 20.8. The first kappa shape index (κ1) is 28.4. The highest BCUT2D eigenvalue weighted by molar-refractivity contribution is 7.10. The van der Waals surface area contributed by atoms with E-state index >= 15 is 0 Å². The van der Waals surface area contributed by atoms with Gasteiger partial charge in [0.15, 0.2) is 11.5 Å². The summed E-state index contributed by atoms with van der Waals surface area (Å²) in [6.07, 6.45) is 9.73. The summed E-state index contributed by atoms with van der Waals surface area (Å²) >= 11 is 1.42. The number of likely N-dealkylation sites (tertiary alicyclic amines) is 1. The molecule has 4 aromatic heterocycles. The zero-order chi connectivity index (χ0) is 29.9. The molecule has 5 aromatic rings. The van der Waals surface area contributed by atoms with E-state index in [2.05, 4.69) is 43.0 Å². The average molecular weight is 601 g/mol. The molecule has 6 rings (SSSR count). The zero-order valence-corrected chi connectivity index (χ0v) is 24.8. The number of nitrogens with zero attached hydrogens (tertiary/aromatic N) is 8. The van der Waals surface area contributed by atoms with Gasteiger partial charge in [0.2, 0.25) is 5.91 Å². The lowest BCUT2D eigenvalue weighted by molar-refractivity contribution is -0.384. The molecule has 1 unspecified atom stereocenters. The first-order valence-electron chi connectivity index (χ1n) is 14.1. The smallest absolute Gasteiger partial charge is 0.269 e. The molecule has 1 atom stereocenters. The molecule has 0 aliphatic carbocycles. The Bertz CT molecular complexity index is 1760. The van der Waals surface area contributed by atoms with E-state index in [1.54, 1.807) is 35.4 Å². The second-order valence-electron chi connectivity index (χ2n) is 11.0. The maximum atomic E-state index is 12.5. The summed E-state index contributed by atoms with van der Waals surface area (Å²) < 4.78 is 8.20. The van der Waals surface area contributed by atoms with Gasteiger partial charge >= 0.3 is 0 Å². The number of benzene rings is 1. The number of anilines is 2. The van der Waals surface area contributed by atoms with Gasteiger partial charge in [-0.1, -0.05) is 19.1 Å². The van der Waals surface area contributed by atoms with Gasteiger partial charge < -0.3 is 10.6 Å². The third-order valence-electron chi connectivity index (χ3n) is 7.41. The second kappa shape index (κ2) is 12.3. The number of rotatable bonds is 10. The Labute approximate surface area is 251 Å². The highest BCUT2D eigenvalue weighted by atomic mass is 32.1. The first-order valence-corrected chi connectivity index (χ1v) is 14.9. The van der Waals surface area contributed by atoms with Crippen LogP contribution in [0.5, 0.6) is 0 Å². The minimum absolute atomic E-state index is 0.0102. The molecule has 1 aliphatic rings. The van der Waals surface area contributed by atoms with Crippen LogP contribution in [0.4, 0.5) is 16.5 Å². The highest BCUT2D eigenvalue weighted by Crippen LogP contribution is 2.28. The third-order valence-corrected chi connectivity index (χ3v) is 8.15. The molecule has 222 valence electrons. The molecular formula is C29H32N10O3S. The van der Waals surface area contributed by atoms with Crippen LogP contribution in [0.2, 0.25) is 0 Å². The molecule has 0 bridgehead atoms. The summed E-state index contributed by atoms with van der Waals surface area (Å²) in [5.41, 5.74) is 4.96. The molecule has 43 heavy (non-hydrogen) atoms. The van der Waals surface area contributed by atoms with E-state index in [1.165, 1.54) is 36.5 Å². The Kier molecular flexibility index (Phi) is 8.11. The van der Waals surface area contributed by atoms with Crippen molar-refractivity contribution < 1.29 is 9.72 Å². The largest absolute Gasteiger partial charge is 0.350 e. The van der Waals surface area contributed by atoms with Gasteiger partial charge in [0.25, 0.3) is 5.69 Å². The van der Waals surface area contributed by atoms with Gasteiger partial charge in [-0.2, -0.15) is 9.47 Å². The number of carbonyl (C=O) groups is 1. The lowest BCUT2D eigenvalue weighted by atomic mass is 10.0. The number of imidazole rings is 1. The van der Waals surface area contributed by atoms with Crippen LogP contribution in [0.15, 0.2) is 55.1 Å². The predicted molar refractivity (Wildman–Crippen MR) is 163 cm³/mol. The third kappa shape index (κ3) is 6.70. The molecule has 1 saturated heterocycles. The Morgan fingerprint density at radius 2 is 2.05 bits per heavy atom. The van der Waals surface area contributed by atoms with E-state index in [0.29, 0.717) is 11.5 Å². The van der Waals surface area contributed by atoms with Crippen molar-refractivity contribution in [3.05, 3.63) is 82.2 Å². The van der Waals surface area contributed by atoms with Crippen LogP contribution < -0.4 is 10.6 Å². The van der Waals surface area contributed by atoms with Crippen molar-refractivity contribution in [3.8, 4) is 11.3 Å². The van der Waals surface area contributed by atoms with E-state index in [4.69, 9.17) is 4.98 Å². The number of hydrogen-bond donors (Lipinski definition) is 2. The fourth-order valence-electron chi connectivity index (χ4n) is 5.35. The molecule has 0 saturated carbocycles. The summed E-state index contributed by atoms with van der Waals surface area (Å²) in [5.74, 6) is 1.14. The average Bonchev–Trinajstić information content (AvgIpc) is 3.72. The Hall–Kier alpha value is -4.69. The fraction of sp³-hybridized carbons (Fsp3) is 0.345. The quantitative estimate of drug-likeness (QED) is 0.174. The van der Waals surface area contributed by atoms with Crippen LogP contribution in [0.3, 0.4) is 0 Å². The van der Waals surface area contributed by atoms with Gasteiger partial charge in [0, 0.05) is 49.7 Å². The number of carbonyl (C=O) groups excluding carboxylic acids is 1. The number of nitro benzene ring substituents is 1. The molecule has 1 aromatic carbocycles. The minimum Gasteiger partial charge on any atom is -0.350 e. The van der Waals surface area contributed by atoms with Crippen molar-refractivity contribution in [1.82, 2.24) is 38.7 Å². The molecule has 5 heterocycles. The number of nitrogens with one attached hydrogen (secondary N) is 2. The van der Waals surface area contributed by atoms with Crippen molar-refractivity contribution in [2.75, 3.05) is 18.4 Å². The lowest BCUT2D eigenvalue weighted by Gasteiger charge is -2.30. The molecule has 0 spiro atoms. The summed E-state index contributed by atoms with van der Waals surface area (Å²) in [4.78, 5) is 34.7. The van der Waals surface area contributed by atoms with E-state index < -0.39 is 4.92 Å². The van der Waals surface area contributed by atoms with Crippen LogP contribution in [0.1, 0.15) is 36.7 Å². The standard InChI is InChI=1S/C29H32N10O3S/c1-19-4-3-9-36(14-19)17-23-10-27(43-35-23)34-28-29-31-13-25(38(29)15-20(2)33-28)22-12-32-37(16-22)18-26(40)30-11-21-5-7-24(8-6-21)39(41)42/h5-8,10,12-13,15-16,19H,3-4,9,11,14,17-18H2,1-2H3,(H,30,40)(H,33,34). The van der Waals surface area contributed by atoms with Crippen molar-refractivity contribution in [3.63, 3.8) is 0 Å². The number of non-ortho nitro benzene ring substituents is 1. The van der Waals surface area contributed by atoms with Gasteiger partial charge in [0.1, 0.15) is 11.5 Å². The fourth-order valence-corrected chi connectivity index (χ4v) is 6.01. The SMILES string of the molecule is Cc1cn2c(-c3cnn(CC(=O)NCc4ccc([N+](=O)[O-])cc4)c3)cnc2c(Nc2cc(CN3CCCC(C)C3)ns2)n1. The molecule has 1 amide bonds. The number of fused-ring (bicyclic) bond motifs is 1. The van der Waals surface area contributed by atoms with Crippen molar-refractivity contribution in [1.29, 1.82) is 0 Å². The molecule has 13 nitrogen and oxygen atoms in total. The predicted octanol–water partition coefficient (Wildman–Crippen LogP) is 4.56.